The highest BCUT2D eigenvalue weighted by atomic mass is 32.2. The van der Waals surface area contributed by atoms with Crippen molar-refractivity contribution in [3.8, 4) is 0 Å². The van der Waals surface area contributed by atoms with E-state index in [9.17, 15) is 22.8 Å². The Morgan fingerprint density at radius 1 is 1.17 bits per heavy atom. The van der Waals surface area contributed by atoms with Crippen LogP contribution in [0.5, 0.6) is 0 Å². The molecule has 2 aliphatic rings. The van der Waals surface area contributed by atoms with Crippen molar-refractivity contribution >= 4 is 40.1 Å². The molecule has 6 nitrogen and oxygen atoms in total. The molecule has 1 aromatic heterocycles. The number of carboxylic acid groups (broad SMARTS) is 1. The normalized spacial score (nSPS) is 22.6. The van der Waals surface area contributed by atoms with E-state index in [2.05, 4.69) is 10.3 Å². The largest absolute Gasteiger partial charge is 0.481 e. The van der Waals surface area contributed by atoms with Gasteiger partial charge in [0, 0.05) is 6.42 Å². The number of thiazole rings is 1. The molecule has 1 heterocycles. The maximum Gasteiger partial charge on any atom is 0.411 e. The summed E-state index contributed by atoms with van der Waals surface area (Å²) in [7, 11) is 0. The molecule has 0 bridgehead atoms. The zero-order valence-electron chi connectivity index (χ0n) is 19.9. The molecule has 0 aliphatic heterocycles. The highest BCUT2D eigenvalue weighted by molar-refractivity contribution is 8.01. The fourth-order valence-electron chi connectivity index (χ4n) is 5.35. The zero-order chi connectivity index (χ0) is 25.3. The molecule has 3 rings (SSSR count). The number of aliphatic carboxylic acids is 1. The number of amides is 1. The number of ether oxygens (including phenoxy) is 1. The lowest BCUT2D eigenvalue weighted by atomic mass is 9.71. The quantitative estimate of drug-likeness (QED) is 0.287. The first-order valence-electron chi connectivity index (χ1n) is 12.5. The fraction of sp³-hybridized carbons (Fsp3) is 0.792. The third kappa shape index (κ3) is 10.7. The smallest absolute Gasteiger partial charge is 0.411 e. The Morgan fingerprint density at radius 3 is 2.54 bits per heavy atom. The lowest BCUT2D eigenvalue weighted by molar-refractivity contribution is -0.189. The maximum absolute atomic E-state index is 12.6. The van der Waals surface area contributed by atoms with E-state index in [4.69, 9.17) is 9.84 Å². The number of carboxylic acids is 1. The molecular weight excluding hydrogens is 501 g/mol. The van der Waals surface area contributed by atoms with Crippen LogP contribution in [-0.4, -0.2) is 46.6 Å². The fourth-order valence-corrected chi connectivity index (χ4v) is 6.96. The minimum atomic E-state index is -4.29. The Kier molecular flexibility index (Phi) is 11.2. The molecule has 2 aliphatic carbocycles. The van der Waals surface area contributed by atoms with Gasteiger partial charge in [0.1, 0.15) is 6.61 Å². The molecule has 11 heteroatoms. The van der Waals surface area contributed by atoms with Gasteiger partial charge in [-0.15, -0.1) is 11.8 Å². The van der Waals surface area contributed by atoms with E-state index in [0.717, 1.165) is 29.9 Å². The van der Waals surface area contributed by atoms with Gasteiger partial charge in [0.25, 0.3) is 0 Å². The molecular formula is C24H35F3N2O4S2. The number of carbonyl (C=O) groups is 2. The first kappa shape index (κ1) is 28.2. The van der Waals surface area contributed by atoms with Crippen LogP contribution >= 0.6 is 23.1 Å². The highest BCUT2D eigenvalue weighted by Crippen LogP contribution is 2.40. The van der Waals surface area contributed by atoms with Gasteiger partial charge in [0.05, 0.1) is 22.3 Å². The van der Waals surface area contributed by atoms with Crippen LogP contribution in [0.1, 0.15) is 77.0 Å². The van der Waals surface area contributed by atoms with Gasteiger partial charge in [-0.3, -0.25) is 9.59 Å². The Bertz CT molecular complexity index is 807. The number of halogens is 3. The number of aromatic nitrogens is 1. The lowest BCUT2D eigenvalue weighted by Gasteiger charge is -2.36. The van der Waals surface area contributed by atoms with Crippen molar-refractivity contribution in [2.24, 2.45) is 17.8 Å². The number of anilines is 1. The molecule has 2 saturated carbocycles. The molecule has 0 radical (unpaired) electrons. The topological polar surface area (TPSA) is 88.5 Å². The average molecular weight is 537 g/mol. The van der Waals surface area contributed by atoms with E-state index < -0.39 is 18.8 Å². The SMILES string of the molecule is O=C(O)CSc1cnc(NC(=O)CCC(CC2CCCCC2)C2CCC(OCC(F)(F)F)CC2)s1. The number of nitrogens with zero attached hydrogens (tertiary/aromatic N) is 1. The van der Waals surface area contributed by atoms with Crippen LogP contribution in [0.2, 0.25) is 0 Å². The minimum absolute atomic E-state index is 0.0537. The summed E-state index contributed by atoms with van der Waals surface area (Å²) in [5, 5.41) is 12.1. The molecule has 1 unspecified atom stereocenters. The van der Waals surface area contributed by atoms with Gasteiger partial charge < -0.3 is 15.2 Å². The Labute approximate surface area is 212 Å². The molecule has 0 saturated heterocycles. The molecule has 198 valence electrons. The van der Waals surface area contributed by atoms with Crippen molar-refractivity contribution < 1.29 is 32.6 Å². The van der Waals surface area contributed by atoms with Gasteiger partial charge in [0.2, 0.25) is 5.91 Å². The van der Waals surface area contributed by atoms with E-state index in [1.807, 2.05) is 0 Å². The van der Waals surface area contributed by atoms with Gasteiger partial charge in [-0.1, -0.05) is 43.4 Å². The van der Waals surface area contributed by atoms with Crippen LogP contribution in [-0.2, 0) is 14.3 Å². The number of rotatable bonds is 12. The molecule has 1 atom stereocenters. The lowest BCUT2D eigenvalue weighted by Crippen LogP contribution is -2.30. The predicted molar refractivity (Wildman–Crippen MR) is 131 cm³/mol. The minimum Gasteiger partial charge on any atom is -0.481 e. The van der Waals surface area contributed by atoms with E-state index >= 15 is 0 Å². The summed E-state index contributed by atoms with van der Waals surface area (Å²) >= 11 is 2.43. The van der Waals surface area contributed by atoms with Crippen molar-refractivity contribution in [2.75, 3.05) is 17.7 Å². The van der Waals surface area contributed by atoms with Gasteiger partial charge in [-0.05, 0) is 56.3 Å². The van der Waals surface area contributed by atoms with Gasteiger partial charge in [-0.2, -0.15) is 13.2 Å². The van der Waals surface area contributed by atoms with E-state index in [1.54, 1.807) is 6.20 Å². The summed E-state index contributed by atoms with van der Waals surface area (Å²) in [6, 6.07) is 0. The third-order valence-electron chi connectivity index (χ3n) is 7.04. The number of thioether (sulfide) groups is 1. The molecule has 2 N–H and O–H groups in total. The van der Waals surface area contributed by atoms with Gasteiger partial charge >= 0.3 is 12.1 Å². The predicted octanol–water partition coefficient (Wildman–Crippen LogP) is 6.76. The van der Waals surface area contributed by atoms with E-state index in [-0.39, 0.29) is 17.8 Å². The summed E-state index contributed by atoms with van der Waals surface area (Å²) in [5.41, 5.74) is 0. The van der Waals surface area contributed by atoms with Crippen LogP contribution in [0.25, 0.3) is 0 Å². The molecule has 0 spiro atoms. The first-order chi connectivity index (χ1) is 16.7. The zero-order valence-corrected chi connectivity index (χ0v) is 21.5. The monoisotopic (exact) mass is 536 g/mol. The third-order valence-corrected chi connectivity index (χ3v) is 9.13. The molecule has 1 aromatic rings. The Balaban J connectivity index is 1.49. The van der Waals surface area contributed by atoms with Crippen molar-refractivity contribution in [2.45, 2.75) is 93.5 Å². The van der Waals surface area contributed by atoms with E-state index in [0.29, 0.717) is 42.1 Å². The number of hydrogen-bond donors (Lipinski definition) is 2. The number of alkyl halides is 3. The molecule has 35 heavy (non-hydrogen) atoms. The molecule has 0 aromatic carbocycles. The summed E-state index contributed by atoms with van der Waals surface area (Å²) in [6.07, 6.45) is 8.38. The second kappa shape index (κ2) is 13.8. The Morgan fingerprint density at radius 2 is 1.89 bits per heavy atom. The van der Waals surface area contributed by atoms with Crippen LogP contribution in [0.15, 0.2) is 10.4 Å². The van der Waals surface area contributed by atoms with Crippen LogP contribution in [0.4, 0.5) is 18.3 Å². The maximum atomic E-state index is 12.6. The van der Waals surface area contributed by atoms with Crippen molar-refractivity contribution in [1.29, 1.82) is 0 Å². The number of hydrogen-bond acceptors (Lipinski definition) is 6. The van der Waals surface area contributed by atoms with Crippen molar-refractivity contribution in [3.05, 3.63) is 6.20 Å². The summed E-state index contributed by atoms with van der Waals surface area (Å²) in [4.78, 5) is 27.5. The van der Waals surface area contributed by atoms with Gasteiger partial charge in [0.15, 0.2) is 5.13 Å². The second-order valence-electron chi connectivity index (χ2n) is 9.72. The second-order valence-corrected chi connectivity index (χ2v) is 12.0. The van der Waals surface area contributed by atoms with Crippen molar-refractivity contribution in [1.82, 2.24) is 4.98 Å². The molecule has 1 amide bonds. The summed E-state index contributed by atoms with van der Waals surface area (Å²) < 4.78 is 43.3. The number of carbonyl (C=O) groups excluding carboxylic acids is 1. The van der Waals surface area contributed by atoms with Gasteiger partial charge in [-0.25, -0.2) is 4.98 Å². The van der Waals surface area contributed by atoms with Crippen LogP contribution < -0.4 is 5.32 Å². The number of nitrogens with one attached hydrogen (secondary N) is 1. The summed E-state index contributed by atoms with van der Waals surface area (Å²) in [6.45, 7) is -1.18. The standard InChI is InChI=1S/C24H35F3N2O4S2/c25-24(26,27)15-33-19-9-6-17(7-10-19)18(12-16-4-2-1-3-5-16)8-11-20(30)29-23-28-13-22(35-23)34-14-21(31)32/h13,16-19H,1-12,14-15H2,(H,31,32)(H,28,29,30). The van der Waals surface area contributed by atoms with Crippen molar-refractivity contribution in [3.63, 3.8) is 0 Å². The van der Waals surface area contributed by atoms with E-state index in [1.165, 1.54) is 55.2 Å². The average Bonchev–Trinajstić information content (AvgIpc) is 3.27. The van der Waals surface area contributed by atoms with Crippen LogP contribution in [0.3, 0.4) is 0 Å². The summed E-state index contributed by atoms with van der Waals surface area (Å²) in [5.74, 6) is 0.398. The highest BCUT2D eigenvalue weighted by Gasteiger charge is 2.33. The molecule has 2 fully saturated rings. The Hall–Kier alpha value is -1.33. The first-order valence-corrected chi connectivity index (χ1v) is 14.3. The van der Waals surface area contributed by atoms with Crippen LogP contribution in [0, 0.1) is 17.8 Å².